The molecule has 34 heavy (non-hydrogen) atoms. The van der Waals surface area contributed by atoms with Gasteiger partial charge in [-0.2, -0.15) is 0 Å². The highest BCUT2D eigenvalue weighted by molar-refractivity contribution is 9.10. The van der Waals surface area contributed by atoms with E-state index in [4.69, 9.17) is 15.5 Å². The normalized spacial score (nSPS) is 26.4. The van der Waals surface area contributed by atoms with Crippen LogP contribution in [0, 0.1) is 17.8 Å². The van der Waals surface area contributed by atoms with Gasteiger partial charge in [-0.1, -0.05) is 30.4 Å². The van der Waals surface area contributed by atoms with Crippen LogP contribution in [0.2, 0.25) is 0 Å². The van der Waals surface area contributed by atoms with Crippen molar-refractivity contribution >= 4 is 38.7 Å². The number of primary amides is 1. The number of carbonyl (C=O) groups is 1. The third kappa shape index (κ3) is 3.91. The van der Waals surface area contributed by atoms with Crippen LogP contribution in [0.25, 0.3) is 22.6 Å². The highest BCUT2D eigenvalue weighted by Crippen LogP contribution is 2.46. The molecule has 0 unspecified atom stereocenters. The average Bonchev–Trinajstić information content (AvgIpc) is 3.56. The van der Waals surface area contributed by atoms with Crippen LogP contribution in [0.15, 0.2) is 47.1 Å². The molecule has 9 heteroatoms. The SMILES string of the molecule is NC(=O)[C@@H]1[C@H](Nc2c(Br)cnc3nc(-c4cccc(CN5CCOCC5)c4)[nH]c23)[C@@H]2C=C[C@@H]1C2. The van der Waals surface area contributed by atoms with Crippen molar-refractivity contribution in [3.05, 3.63) is 52.7 Å². The number of morpholine rings is 1. The fourth-order valence-corrected chi connectivity index (χ4v) is 6.03. The molecule has 2 bridgehead atoms. The van der Waals surface area contributed by atoms with Gasteiger partial charge in [-0.15, -0.1) is 0 Å². The Morgan fingerprint density at radius 2 is 2.09 bits per heavy atom. The molecule has 1 aromatic carbocycles. The number of amides is 1. The van der Waals surface area contributed by atoms with Crippen molar-refractivity contribution in [2.45, 2.75) is 19.0 Å². The van der Waals surface area contributed by atoms with Crippen molar-refractivity contribution in [1.29, 1.82) is 0 Å². The highest BCUT2D eigenvalue weighted by atomic mass is 79.9. The summed E-state index contributed by atoms with van der Waals surface area (Å²) in [5, 5.41) is 3.62. The van der Waals surface area contributed by atoms with E-state index < -0.39 is 0 Å². The largest absolute Gasteiger partial charge is 0.379 e. The lowest BCUT2D eigenvalue weighted by molar-refractivity contribution is -0.122. The average molecular weight is 523 g/mol. The van der Waals surface area contributed by atoms with Gasteiger partial charge in [-0.3, -0.25) is 9.69 Å². The number of nitrogens with zero attached hydrogens (tertiary/aromatic N) is 3. The molecule has 8 nitrogen and oxygen atoms in total. The Balaban J connectivity index is 1.31. The number of nitrogens with two attached hydrogens (primary N) is 1. The van der Waals surface area contributed by atoms with Crippen molar-refractivity contribution in [2.75, 3.05) is 31.6 Å². The second-order valence-electron chi connectivity index (χ2n) is 9.40. The van der Waals surface area contributed by atoms with Crippen molar-refractivity contribution < 1.29 is 9.53 Å². The Hall–Kier alpha value is -2.75. The van der Waals surface area contributed by atoms with Gasteiger partial charge in [-0.05, 0) is 45.8 Å². The number of benzene rings is 1. The van der Waals surface area contributed by atoms with E-state index in [0.29, 0.717) is 5.65 Å². The number of hydrogen-bond acceptors (Lipinski definition) is 6. The van der Waals surface area contributed by atoms with E-state index in [1.165, 1.54) is 5.56 Å². The van der Waals surface area contributed by atoms with Gasteiger partial charge >= 0.3 is 0 Å². The number of ether oxygens (including phenoxy) is 1. The number of rotatable bonds is 6. The van der Waals surface area contributed by atoms with Gasteiger partial charge in [0.05, 0.1) is 29.3 Å². The number of allylic oxidation sites excluding steroid dienone is 1. The van der Waals surface area contributed by atoms with Crippen LogP contribution in [-0.4, -0.2) is 58.1 Å². The van der Waals surface area contributed by atoms with Crippen molar-refractivity contribution in [1.82, 2.24) is 19.9 Å². The third-order valence-corrected chi connectivity index (χ3v) is 7.88. The van der Waals surface area contributed by atoms with Crippen LogP contribution >= 0.6 is 15.9 Å². The molecule has 1 amide bonds. The number of halogens is 1. The van der Waals surface area contributed by atoms with Gasteiger partial charge in [0.2, 0.25) is 5.91 Å². The minimum absolute atomic E-state index is 0.0435. The number of carbonyl (C=O) groups excluding carboxylic acids is 1. The summed E-state index contributed by atoms with van der Waals surface area (Å²) in [6.45, 7) is 4.36. The van der Waals surface area contributed by atoms with E-state index in [-0.39, 0.29) is 29.7 Å². The van der Waals surface area contributed by atoms with Crippen LogP contribution in [0.1, 0.15) is 12.0 Å². The molecule has 2 aromatic heterocycles. The first-order valence-corrected chi connectivity index (χ1v) is 12.5. The van der Waals surface area contributed by atoms with Crippen LogP contribution in [0.3, 0.4) is 0 Å². The highest BCUT2D eigenvalue weighted by Gasteiger charge is 2.47. The summed E-state index contributed by atoms with van der Waals surface area (Å²) in [4.78, 5) is 27.4. The van der Waals surface area contributed by atoms with E-state index >= 15 is 0 Å². The minimum atomic E-state index is -0.252. The second-order valence-corrected chi connectivity index (χ2v) is 10.3. The number of anilines is 1. The summed E-state index contributed by atoms with van der Waals surface area (Å²) < 4.78 is 6.29. The molecule has 1 aliphatic heterocycles. The lowest BCUT2D eigenvalue weighted by Gasteiger charge is -2.28. The smallest absolute Gasteiger partial charge is 0.223 e. The molecule has 1 saturated carbocycles. The van der Waals surface area contributed by atoms with Gasteiger partial charge in [0.1, 0.15) is 11.3 Å². The van der Waals surface area contributed by atoms with Crippen molar-refractivity contribution in [3.63, 3.8) is 0 Å². The Labute approximate surface area is 206 Å². The summed E-state index contributed by atoms with van der Waals surface area (Å²) in [7, 11) is 0. The van der Waals surface area contributed by atoms with E-state index in [1.54, 1.807) is 6.20 Å². The maximum atomic E-state index is 12.2. The molecule has 4 atom stereocenters. The lowest BCUT2D eigenvalue weighted by Crippen LogP contribution is -2.41. The fraction of sp³-hybridized carbons (Fsp3) is 0.400. The van der Waals surface area contributed by atoms with Crippen molar-refractivity contribution in [3.8, 4) is 11.4 Å². The molecule has 1 saturated heterocycles. The summed E-state index contributed by atoms with van der Waals surface area (Å²) in [6.07, 6.45) is 7.05. The first-order chi connectivity index (χ1) is 16.6. The van der Waals surface area contributed by atoms with Crippen LogP contribution in [0.4, 0.5) is 5.69 Å². The topological polar surface area (TPSA) is 109 Å². The van der Waals surface area contributed by atoms with Gasteiger partial charge in [-0.25, -0.2) is 9.97 Å². The molecule has 2 aliphatic carbocycles. The summed E-state index contributed by atoms with van der Waals surface area (Å²) in [5.74, 6) is 0.800. The number of imidazole rings is 1. The number of aromatic nitrogens is 3. The maximum Gasteiger partial charge on any atom is 0.223 e. The molecule has 176 valence electrons. The Morgan fingerprint density at radius 1 is 1.26 bits per heavy atom. The predicted molar refractivity (Wildman–Crippen MR) is 134 cm³/mol. The summed E-state index contributed by atoms with van der Waals surface area (Å²) in [6, 6.07) is 8.42. The molecule has 3 aromatic rings. The van der Waals surface area contributed by atoms with E-state index in [9.17, 15) is 4.79 Å². The second kappa shape index (κ2) is 8.79. The van der Waals surface area contributed by atoms with Gasteiger partial charge in [0, 0.05) is 37.4 Å². The van der Waals surface area contributed by atoms with Crippen LogP contribution in [-0.2, 0) is 16.1 Å². The molecule has 4 N–H and O–H groups in total. The van der Waals surface area contributed by atoms with Crippen LogP contribution < -0.4 is 11.1 Å². The summed E-state index contributed by atoms with van der Waals surface area (Å²) >= 11 is 3.64. The lowest BCUT2D eigenvalue weighted by atomic mass is 9.88. The number of fused-ring (bicyclic) bond motifs is 3. The van der Waals surface area contributed by atoms with E-state index in [2.05, 4.69) is 72.5 Å². The number of H-pyrrole nitrogens is 1. The predicted octanol–water partition coefficient (Wildman–Crippen LogP) is 3.31. The van der Waals surface area contributed by atoms with Crippen LogP contribution in [0.5, 0.6) is 0 Å². The fourth-order valence-electron chi connectivity index (χ4n) is 5.62. The zero-order valence-corrected chi connectivity index (χ0v) is 20.3. The number of nitrogens with one attached hydrogen (secondary N) is 2. The molecule has 0 radical (unpaired) electrons. The van der Waals surface area contributed by atoms with Gasteiger partial charge in [0.15, 0.2) is 5.65 Å². The first kappa shape index (κ1) is 21.8. The standard InChI is InChI=1S/C25H27BrN6O2/c26-18-12-28-25-22(21(18)29-20-16-5-4-15(11-16)19(20)23(27)33)30-24(31-25)17-3-1-2-14(10-17)13-32-6-8-34-9-7-32/h1-5,10,12,15-16,19-20H,6-9,11,13H2,(H2,27,33)(H2,28,29,30,31)/t15-,16-,19+,20-/m1/s1. The Kier molecular flexibility index (Phi) is 5.63. The van der Waals surface area contributed by atoms with E-state index in [1.807, 2.05) is 0 Å². The molecule has 3 aliphatic rings. The first-order valence-electron chi connectivity index (χ1n) is 11.7. The Morgan fingerprint density at radius 3 is 2.91 bits per heavy atom. The quantitative estimate of drug-likeness (QED) is 0.428. The zero-order chi connectivity index (χ0) is 23.2. The molecule has 6 rings (SSSR count). The molecule has 2 fully saturated rings. The minimum Gasteiger partial charge on any atom is -0.379 e. The molecule has 3 heterocycles. The van der Waals surface area contributed by atoms with Crippen molar-refractivity contribution in [2.24, 2.45) is 23.5 Å². The maximum absolute atomic E-state index is 12.2. The zero-order valence-electron chi connectivity index (χ0n) is 18.7. The molecular formula is C25H27BrN6O2. The monoisotopic (exact) mass is 522 g/mol. The third-order valence-electron chi connectivity index (χ3n) is 7.28. The number of pyridine rings is 1. The number of aromatic amines is 1. The van der Waals surface area contributed by atoms with E-state index in [0.717, 1.165) is 66.3 Å². The van der Waals surface area contributed by atoms with Gasteiger partial charge < -0.3 is 20.8 Å². The molecular weight excluding hydrogens is 496 g/mol. The number of hydrogen-bond donors (Lipinski definition) is 3. The Bertz CT molecular complexity index is 1270. The van der Waals surface area contributed by atoms with Gasteiger partial charge in [0.25, 0.3) is 0 Å². The molecule has 0 spiro atoms. The summed E-state index contributed by atoms with van der Waals surface area (Å²) in [5.41, 5.74) is 10.3.